The molecule has 3 rings (SSSR count). The topological polar surface area (TPSA) is 17.1 Å². The minimum Gasteiger partial charge on any atom is -0.298 e. The molecule has 0 radical (unpaired) electrons. The summed E-state index contributed by atoms with van der Waals surface area (Å²) in [5.41, 5.74) is 1.37. The van der Waals surface area contributed by atoms with E-state index in [4.69, 9.17) is 0 Å². The maximum atomic E-state index is 11.8. The van der Waals surface area contributed by atoms with Crippen LogP contribution in [0.15, 0.2) is 65.6 Å². The van der Waals surface area contributed by atoms with Crippen LogP contribution >= 0.6 is 11.8 Å². The van der Waals surface area contributed by atoms with Crippen LogP contribution in [0.3, 0.4) is 0 Å². The van der Waals surface area contributed by atoms with Crippen molar-refractivity contribution in [2.24, 2.45) is 5.92 Å². The molecule has 0 aliphatic heterocycles. The number of Topliss-reactive ketones (excluding diaryl/α,β-unsaturated/α-hetero) is 1. The number of hydrogen-bond donors (Lipinski definition) is 0. The number of thioether (sulfide) groups is 1. The molecule has 2 aromatic rings. The molecule has 1 aliphatic rings. The van der Waals surface area contributed by atoms with Crippen LogP contribution in [0.5, 0.6) is 0 Å². The number of hydrogen-bond acceptors (Lipinski definition) is 2. The van der Waals surface area contributed by atoms with Gasteiger partial charge >= 0.3 is 0 Å². The molecule has 1 aliphatic carbocycles. The van der Waals surface area contributed by atoms with Gasteiger partial charge in [-0.3, -0.25) is 4.79 Å². The first-order valence-electron chi connectivity index (χ1n) is 7.11. The Morgan fingerprint density at radius 1 is 0.950 bits per heavy atom. The summed E-state index contributed by atoms with van der Waals surface area (Å²) < 4.78 is 0. The average molecular weight is 282 g/mol. The zero-order chi connectivity index (χ0) is 13.8. The maximum absolute atomic E-state index is 11.8. The van der Waals surface area contributed by atoms with Gasteiger partial charge in [-0.15, -0.1) is 11.8 Å². The highest BCUT2D eigenvalue weighted by Gasteiger charge is 2.39. The Bertz CT molecular complexity index is 564. The van der Waals surface area contributed by atoms with Crippen molar-refractivity contribution in [3.05, 3.63) is 66.2 Å². The fourth-order valence-corrected chi connectivity index (χ4v) is 3.90. The van der Waals surface area contributed by atoms with Crippen molar-refractivity contribution in [3.63, 3.8) is 0 Å². The van der Waals surface area contributed by atoms with Crippen LogP contribution in [0.2, 0.25) is 0 Å². The molecule has 0 spiro atoms. The Balaban J connectivity index is 1.56. The van der Waals surface area contributed by atoms with Gasteiger partial charge in [0.25, 0.3) is 0 Å². The summed E-state index contributed by atoms with van der Waals surface area (Å²) in [6.07, 6.45) is 2.95. The van der Waals surface area contributed by atoms with Crippen molar-refractivity contribution in [3.8, 4) is 0 Å². The Labute approximate surface area is 124 Å². The van der Waals surface area contributed by atoms with Crippen LogP contribution in [0.25, 0.3) is 0 Å². The molecule has 102 valence electrons. The molecule has 0 saturated heterocycles. The van der Waals surface area contributed by atoms with Crippen LogP contribution in [0.4, 0.5) is 0 Å². The second kappa shape index (κ2) is 6.27. The number of aryl methyl sites for hydroxylation is 1. The van der Waals surface area contributed by atoms with Crippen molar-refractivity contribution < 1.29 is 4.79 Å². The Kier molecular flexibility index (Phi) is 4.22. The Morgan fingerprint density at radius 3 is 2.25 bits per heavy atom. The SMILES string of the molecule is O=C1C[C@@H](CCc2ccccc2)[C@H]1Sc1ccccc1. The molecule has 0 amide bonds. The Hall–Kier alpha value is -1.54. The fourth-order valence-electron chi connectivity index (χ4n) is 2.64. The van der Waals surface area contributed by atoms with Gasteiger partial charge in [-0.2, -0.15) is 0 Å². The smallest absolute Gasteiger partial charge is 0.146 e. The minimum absolute atomic E-state index is 0.168. The minimum atomic E-state index is 0.168. The van der Waals surface area contributed by atoms with E-state index in [-0.39, 0.29) is 5.25 Å². The molecule has 0 aromatic heterocycles. The lowest BCUT2D eigenvalue weighted by Gasteiger charge is -2.34. The molecule has 0 unspecified atom stereocenters. The van der Waals surface area contributed by atoms with E-state index in [1.54, 1.807) is 11.8 Å². The van der Waals surface area contributed by atoms with E-state index >= 15 is 0 Å². The van der Waals surface area contributed by atoms with Crippen LogP contribution in [-0.4, -0.2) is 11.0 Å². The lowest BCUT2D eigenvalue weighted by molar-refractivity contribution is -0.126. The summed E-state index contributed by atoms with van der Waals surface area (Å²) >= 11 is 1.73. The molecule has 1 nitrogen and oxygen atoms in total. The normalized spacial score (nSPS) is 21.5. The third-order valence-corrected chi connectivity index (χ3v) is 5.31. The summed E-state index contributed by atoms with van der Waals surface area (Å²) in [6, 6.07) is 20.8. The number of carbonyl (C=O) groups excluding carboxylic acids is 1. The molecule has 0 N–H and O–H groups in total. The van der Waals surface area contributed by atoms with Gasteiger partial charge < -0.3 is 0 Å². The number of benzene rings is 2. The van der Waals surface area contributed by atoms with Crippen LogP contribution in [-0.2, 0) is 11.2 Å². The summed E-state index contributed by atoms with van der Waals surface area (Å²) in [6.45, 7) is 0. The first kappa shape index (κ1) is 13.4. The monoisotopic (exact) mass is 282 g/mol. The number of carbonyl (C=O) groups is 1. The summed E-state index contributed by atoms with van der Waals surface area (Å²) in [7, 11) is 0. The first-order chi connectivity index (χ1) is 9.83. The van der Waals surface area contributed by atoms with Gasteiger partial charge in [-0.05, 0) is 36.5 Å². The van der Waals surface area contributed by atoms with Crippen molar-refractivity contribution in [2.75, 3.05) is 0 Å². The quantitative estimate of drug-likeness (QED) is 0.810. The molecule has 0 heterocycles. The van der Waals surface area contributed by atoms with Crippen molar-refractivity contribution in [2.45, 2.75) is 29.4 Å². The van der Waals surface area contributed by atoms with E-state index < -0.39 is 0 Å². The third-order valence-electron chi connectivity index (χ3n) is 3.86. The van der Waals surface area contributed by atoms with Crippen molar-refractivity contribution >= 4 is 17.5 Å². The first-order valence-corrected chi connectivity index (χ1v) is 7.99. The summed E-state index contributed by atoms with van der Waals surface area (Å²) in [5.74, 6) is 0.949. The second-order valence-corrected chi connectivity index (χ2v) is 6.52. The summed E-state index contributed by atoms with van der Waals surface area (Å²) in [5, 5.41) is 0.168. The molecule has 2 aromatic carbocycles. The average Bonchev–Trinajstić information content (AvgIpc) is 2.51. The highest BCUT2D eigenvalue weighted by molar-refractivity contribution is 8.00. The number of rotatable bonds is 5. The van der Waals surface area contributed by atoms with Crippen LogP contribution in [0, 0.1) is 5.92 Å². The molecular weight excluding hydrogens is 264 g/mol. The van der Waals surface area contributed by atoms with E-state index in [1.165, 1.54) is 10.5 Å². The van der Waals surface area contributed by atoms with E-state index in [0.29, 0.717) is 11.7 Å². The predicted octanol–water partition coefficient (Wildman–Crippen LogP) is 4.37. The molecule has 1 saturated carbocycles. The van der Waals surface area contributed by atoms with Gasteiger partial charge in [0.1, 0.15) is 5.78 Å². The summed E-state index contributed by atoms with van der Waals surface area (Å²) in [4.78, 5) is 13.0. The maximum Gasteiger partial charge on any atom is 0.146 e. The van der Waals surface area contributed by atoms with Crippen LogP contribution in [0.1, 0.15) is 18.4 Å². The van der Waals surface area contributed by atoms with Gasteiger partial charge in [0, 0.05) is 11.3 Å². The van der Waals surface area contributed by atoms with Gasteiger partial charge in [0.05, 0.1) is 5.25 Å². The molecule has 1 fully saturated rings. The van der Waals surface area contributed by atoms with E-state index in [9.17, 15) is 4.79 Å². The highest BCUT2D eigenvalue weighted by atomic mass is 32.2. The predicted molar refractivity (Wildman–Crippen MR) is 84.0 cm³/mol. The fraction of sp³-hybridized carbons (Fsp3) is 0.278. The Morgan fingerprint density at radius 2 is 1.60 bits per heavy atom. The van der Waals surface area contributed by atoms with E-state index in [1.807, 2.05) is 24.3 Å². The lowest BCUT2D eigenvalue weighted by Crippen LogP contribution is -2.40. The molecular formula is C18H18OS. The lowest BCUT2D eigenvalue weighted by atomic mass is 9.79. The van der Waals surface area contributed by atoms with Gasteiger partial charge in [-0.1, -0.05) is 48.5 Å². The molecule has 0 bridgehead atoms. The van der Waals surface area contributed by atoms with Gasteiger partial charge in [-0.25, -0.2) is 0 Å². The van der Waals surface area contributed by atoms with E-state index in [0.717, 1.165) is 19.3 Å². The third kappa shape index (κ3) is 3.13. The highest BCUT2D eigenvalue weighted by Crippen LogP contribution is 2.40. The van der Waals surface area contributed by atoms with Crippen LogP contribution < -0.4 is 0 Å². The molecule has 2 heteroatoms. The van der Waals surface area contributed by atoms with Gasteiger partial charge in [0.2, 0.25) is 0 Å². The number of ketones is 1. The van der Waals surface area contributed by atoms with E-state index in [2.05, 4.69) is 36.4 Å². The molecule has 20 heavy (non-hydrogen) atoms. The van der Waals surface area contributed by atoms with Crippen molar-refractivity contribution in [1.29, 1.82) is 0 Å². The van der Waals surface area contributed by atoms with Crippen molar-refractivity contribution in [1.82, 2.24) is 0 Å². The largest absolute Gasteiger partial charge is 0.298 e. The second-order valence-electron chi connectivity index (χ2n) is 5.31. The van der Waals surface area contributed by atoms with Gasteiger partial charge in [0.15, 0.2) is 0 Å². The zero-order valence-electron chi connectivity index (χ0n) is 11.4. The molecule has 2 atom stereocenters. The standard InChI is InChI=1S/C18H18OS/c19-17-13-15(12-11-14-7-3-1-4-8-14)18(17)20-16-9-5-2-6-10-16/h1-10,15,18H,11-13H2/t15-,18-/m1/s1. The zero-order valence-corrected chi connectivity index (χ0v) is 12.2.